The van der Waals surface area contributed by atoms with Gasteiger partial charge in [-0.2, -0.15) is 0 Å². The molecule has 0 radical (unpaired) electrons. The number of carbonyl (C=O) groups is 1. The third-order valence-corrected chi connectivity index (χ3v) is 6.10. The van der Waals surface area contributed by atoms with Crippen molar-refractivity contribution in [2.75, 3.05) is 12.4 Å². The maximum atomic E-state index is 12.6. The first kappa shape index (κ1) is 19.4. The van der Waals surface area contributed by atoms with E-state index in [9.17, 15) is 4.79 Å². The van der Waals surface area contributed by atoms with Gasteiger partial charge in [0.1, 0.15) is 5.75 Å². The molecule has 1 atom stereocenters. The highest BCUT2D eigenvalue weighted by atomic mass is 32.2. The smallest absolute Gasteiger partial charge is 0.233 e. The molecule has 3 aromatic rings. The lowest BCUT2D eigenvalue weighted by Gasteiger charge is -2.13. The molecular formula is C20H21N3O2S2. The summed E-state index contributed by atoms with van der Waals surface area (Å²) in [5.74, 6) is 1.36. The van der Waals surface area contributed by atoms with Crippen LogP contribution in [0.4, 0.5) is 5.13 Å². The molecule has 0 fully saturated rings. The van der Waals surface area contributed by atoms with Gasteiger partial charge in [0.05, 0.1) is 13.0 Å². The fraction of sp³-hybridized carbons (Fsp3) is 0.250. The number of nitrogens with zero attached hydrogens (tertiary/aromatic N) is 2. The van der Waals surface area contributed by atoms with Crippen LogP contribution < -0.4 is 10.1 Å². The van der Waals surface area contributed by atoms with E-state index in [0.29, 0.717) is 5.13 Å². The van der Waals surface area contributed by atoms with Crippen molar-refractivity contribution < 1.29 is 9.53 Å². The largest absolute Gasteiger partial charge is 0.497 e. The number of aromatic nitrogens is 2. The minimum atomic E-state index is -0.192. The summed E-state index contributed by atoms with van der Waals surface area (Å²) in [5.41, 5.74) is 2.16. The van der Waals surface area contributed by atoms with E-state index in [1.807, 2.05) is 61.5 Å². The van der Waals surface area contributed by atoms with E-state index in [2.05, 4.69) is 15.5 Å². The Bertz CT molecular complexity index is 884. The number of benzene rings is 2. The summed E-state index contributed by atoms with van der Waals surface area (Å²) in [4.78, 5) is 12.6. The zero-order valence-corrected chi connectivity index (χ0v) is 16.8. The number of rotatable bonds is 8. The van der Waals surface area contributed by atoms with Crippen LogP contribution in [0.25, 0.3) is 0 Å². The second-order valence-electron chi connectivity index (χ2n) is 5.87. The van der Waals surface area contributed by atoms with E-state index in [1.54, 1.807) is 18.9 Å². The van der Waals surface area contributed by atoms with E-state index >= 15 is 0 Å². The van der Waals surface area contributed by atoms with Gasteiger partial charge in [-0.3, -0.25) is 10.1 Å². The van der Waals surface area contributed by atoms with Crippen LogP contribution >= 0.6 is 23.1 Å². The van der Waals surface area contributed by atoms with Crippen molar-refractivity contribution in [3.63, 3.8) is 0 Å². The molecule has 1 N–H and O–H groups in total. The van der Waals surface area contributed by atoms with E-state index in [1.165, 1.54) is 11.3 Å². The predicted molar refractivity (Wildman–Crippen MR) is 111 cm³/mol. The van der Waals surface area contributed by atoms with Crippen molar-refractivity contribution in [2.45, 2.75) is 29.4 Å². The van der Waals surface area contributed by atoms with Gasteiger partial charge in [-0.25, -0.2) is 0 Å². The number of anilines is 1. The van der Waals surface area contributed by atoms with Gasteiger partial charge >= 0.3 is 0 Å². The van der Waals surface area contributed by atoms with E-state index < -0.39 is 0 Å². The number of nitrogens with one attached hydrogen (secondary N) is 1. The minimum Gasteiger partial charge on any atom is -0.497 e. The van der Waals surface area contributed by atoms with E-state index in [4.69, 9.17) is 4.74 Å². The highest BCUT2D eigenvalue weighted by molar-refractivity contribution is 8.00. The number of ether oxygens (including phenoxy) is 1. The molecule has 7 heteroatoms. The first-order chi connectivity index (χ1) is 13.2. The van der Waals surface area contributed by atoms with Crippen molar-refractivity contribution >= 4 is 34.1 Å². The molecule has 5 nitrogen and oxygen atoms in total. The van der Waals surface area contributed by atoms with Crippen molar-refractivity contribution in [3.05, 3.63) is 65.7 Å². The molecule has 0 spiro atoms. The van der Waals surface area contributed by atoms with Crippen LogP contribution in [-0.2, 0) is 10.5 Å². The SMILES string of the molecule is CC[C@H](C(=O)Nc1nnc(SCc2cccc(OC)c2)s1)c1ccccc1. The number of thioether (sulfide) groups is 1. The first-order valence-electron chi connectivity index (χ1n) is 8.64. The van der Waals surface area contributed by atoms with Crippen LogP contribution in [0.1, 0.15) is 30.4 Å². The summed E-state index contributed by atoms with van der Waals surface area (Å²) in [6.07, 6.45) is 0.728. The van der Waals surface area contributed by atoms with E-state index in [0.717, 1.165) is 33.4 Å². The van der Waals surface area contributed by atoms with Crippen LogP contribution in [0.2, 0.25) is 0 Å². The average molecular weight is 400 g/mol. The second-order valence-corrected chi connectivity index (χ2v) is 8.07. The Morgan fingerprint density at radius 1 is 1.19 bits per heavy atom. The fourth-order valence-corrected chi connectivity index (χ4v) is 4.37. The number of hydrogen-bond acceptors (Lipinski definition) is 6. The topological polar surface area (TPSA) is 64.1 Å². The molecule has 0 aliphatic heterocycles. The summed E-state index contributed by atoms with van der Waals surface area (Å²) in [6, 6.07) is 17.7. The lowest BCUT2D eigenvalue weighted by Crippen LogP contribution is -2.20. The molecule has 0 saturated carbocycles. The van der Waals surface area contributed by atoms with Gasteiger partial charge in [-0.05, 0) is 29.7 Å². The predicted octanol–water partition coefficient (Wildman–Crippen LogP) is 4.97. The standard InChI is InChI=1S/C20H21N3O2S2/c1-3-17(15-9-5-4-6-10-15)18(24)21-19-22-23-20(27-19)26-13-14-8-7-11-16(12-14)25-2/h4-12,17H,3,13H2,1-2H3,(H,21,22,24)/t17-/m0/s1. The van der Waals surface area contributed by atoms with Gasteiger partial charge in [-0.1, -0.05) is 72.5 Å². The second kappa shape index (κ2) is 9.53. The van der Waals surface area contributed by atoms with Gasteiger partial charge in [-0.15, -0.1) is 10.2 Å². The Morgan fingerprint density at radius 2 is 2.00 bits per heavy atom. The molecule has 0 saturated heterocycles. The maximum absolute atomic E-state index is 12.6. The zero-order chi connectivity index (χ0) is 19.1. The number of hydrogen-bond donors (Lipinski definition) is 1. The maximum Gasteiger partial charge on any atom is 0.233 e. The molecule has 1 aromatic heterocycles. The fourth-order valence-electron chi connectivity index (χ4n) is 2.68. The molecule has 27 heavy (non-hydrogen) atoms. The van der Waals surface area contributed by atoms with E-state index in [-0.39, 0.29) is 11.8 Å². The highest BCUT2D eigenvalue weighted by Crippen LogP contribution is 2.30. The third-order valence-electron chi connectivity index (χ3n) is 4.06. The molecular weight excluding hydrogens is 378 g/mol. The summed E-state index contributed by atoms with van der Waals surface area (Å²) >= 11 is 2.98. The van der Waals surface area contributed by atoms with Crippen molar-refractivity contribution in [2.24, 2.45) is 0 Å². The molecule has 140 valence electrons. The van der Waals surface area contributed by atoms with Crippen LogP contribution in [0, 0.1) is 0 Å². The first-order valence-corrected chi connectivity index (χ1v) is 10.4. The van der Waals surface area contributed by atoms with Gasteiger partial charge in [0.2, 0.25) is 11.0 Å². The zero-order valence-electron chi connectivity index (χ0n) is 15.2. The quantitative estimate of drug-likeness (QED) is 0.428. The van der Waals surface area contributed by atoms with Crippen LogP contribution in [0.5, 0.6) is 5.75 Å². The summed E-state index contributed by atoms with van der Waals surface area (Å²) in [6.45, 7) is 2.01. The van der Waals surface area contributed by atoms with Crippen molar-refractivity contribution in [1.82, 2.24) is 10.2 Å². The van der Waals surface area contributed by atoms with Crippen molar-refractivity contribution in [3.8, 4) is 5.75 Å². The highest BCUT2D eigenvalue weighted by Gasteiger charge is 2.20. The summed E-state index contributed by atoms with van der Waals surface area (Å²) < 4.78 is 6.06. The molecule has 1 heterocycles. The Balaban J connectivity index is 1.59. The molecule has 3 rings (SSSR count). The molecule has 0 bridgehead atoms. The van der Waals surface area contributed by atoms with Gasteiger partial charge in [0.25, 0.3) is 0 Å². The number of methoxy groups -OCH3 is 1. The monoisotopic (exact) mass is 399 g/mol. The molecule has 0 unspecified atom stereocenters. The van der Waals surface area contributed by atoms with Gasteiger partial charge in [0.15, 0.2) is 4.34 Å². The molecule has 0 aliphatic rings. The Kier molecular flexibility index (Phi) is 6.84. The Labute approximate surface area is 167 Å². The van der Waals surface area contributed by atoms with Crippen LogP contribution in [0.3, 0.4) is 0 Å². The van der Waals surface area contributed by atoms with Gasteiger partial charge in [0, 0.05) is 5.75 Å². The van der Waals surface area contributed by atoms with Crippen molar-refractivity contribution in [1.29, 1.82) is 0 Å². The minimum absolute atomic E-state index is 0.0517. The summed E-state index contributed by atoms with van der Waals surface area (Å²) in [5, 5.41) is 11.7. The normalized spacial score (nSPS) is 11.8. The van der Waals surface area contributed by atoms with Crippen LogP contribution in [-0.4, -0.2) is 23.2 Å². The Morgan fingerprint density at radius 3 is 2.74 bits per heavy atom. The lowest BCUT2D eigenvalue weighted by molar-refractivity contribution is -0.117. The number of amides is 1. The third kappa shape index (κ3) is 5.30. The molecule has 0 aliphatic carbocycles. The van der Waals surface area contributed by atoms with Crippen LogP contribution in [0.15, 0.2) is 58.9 Å². The molecule has 2 aromatic carbocycles. The Hall–Kier alpha value is -2.38. The number of carbonyl (C=O) groups excluding carboxylic acids is 1. The molecule has 1 amide bonds. The van der Waals surface area contributed by atoms with Gasteiger partial charge < -0.3 is 4.74 Å². The average Bonchev–Trinajstić information content (AvgIpc) is 3.15. The lowest BCUT2D eigenvalue weighted by atomic mass is 9.96. The summed E-state index contributed by atoms with van der Waals surface area (Å²) in [7, 11) is 1.66.